The molecule has 0 spiro atoms. The lowest BCUT2D eigenvalue weighted by Crippen LogP contribution is -2.56. The number of hydrogen-bond donors (Lipinski definition) is 5. The SMILES string of the molecule is CC(C)C[C@H](NC(=O)[C@@H]1CCCN1C(=O)[C@H](C)NC(=O)[C@@H](C)NC(=O)CCC(=O)O)C(=O)Nc1ccc([N+](=O)[O-])cc1. The van der Waals surface area contributed by atoms with Crippen LogP contribution in [0, 0.1) is 16.0 Å². The number of carboxylic acid groups (broad SMARTS) is 1. The average molecular weight is 591 g/mol. The Morgan fingerprint density at radius 3 is 2.17 bits per heavy atom. The van der Waals surface area contributed by atoms with Gasteiger partial charge in [-0.25, -0.2) is 0 Å². The summed E-state index contributed by atoms with van der Waals surface area (Å²) in [4.78, 5) is 86.1. The molecule has 1 aromatic carbocycles. The van der Waals surface area contributed by atoms with Gasteiger partial charge in [-0.3, -0.25) is 38.9 Å². The van der Waals surface area contributed by atoms with E-state index in [1.165, 1.54) is 43.0 Å². The lowest BCUT2D eigenvalue weighted by Gasteiger charge is -2.29. The molecule has 0 aromatic heterocycles. The number of hydrogen-bond acceptors (Lipinski definition) is 8. The first-order chi connectivity index (χ1) is 19.7. The number of nitrogens with one attached hydrogen (secondary N) is 4. The smallest absolute Gasteiger partial charge is 0.303 e. The maximum absolute atomic E-state index is 13.3. The summed E-state index contributed by atoms with van der Waals surface area (Å²) in [7, 11) is 0. The number of rotatable bonds is 14. The second kappa shape index (κ2) is 15.4. The number of nitro benzene ring substituents is 1. The molecule has 1 aliphatic rings. The largest absolute Gasteiger partial charge is 0.481 e. The molecule has 15 heteroatoms. The van der Waals surface area contributed by atoms with Crippen molar-refractivity contribution in [3.8, 4) is 0 Å². The molecule has 5 N–H and O–H groups in total. The van der Waals surface area contributed by atoms with Crippen LogP contribution in [0.5, 0.6) is 0 Å². The van der Waals surface area contributed by atoms with Crippen LogP contribution < -0.4 is 21.3 Å². The first kappa shape index (κ1) is 33.6. The van der Waals surface area contributed by atoms with Gasteiger partial charge in [0.1, 0.15) is 24.2 Å². The summed E-state index contributed by atoms with van der Waals surface area (Å²) >= 11 is 0. The minimum atomic E-state index is -1.15. The van der Waals surface area contributed by atoms with Crippen LogP contribution in [0.3, 0.4) is 0 Å². The zero-order chi connectivity index (χ0) is 31.6. The van der Waals surface area contributed by atoms with Crippen LogP contribution in [0.4, 0.5) is 11.4 Å². The maximum atomic E-state index is 13.3. The Kier molecular flexibility index (Phi) is 12.4. The summed E-state index contributed by atoms with van der Waals surface area (Å²) in [6, 6.07) is 1.43. The molecule has 4 atom stereocenters. The minimum absolute atomic E-state index is 0.0288. The average Bonchev–Trinajstić information content (AvgIpc) is 3.41. The first-order valence-electron chi connectivity index (χ1n) is 13.7. The van der Waals surface area contributed by atoms with Crippen molar-refractivity contribution < 1.29 is 38.8 Å². The number of non-ortho nitro benzene ring substituents is 1. The lowest BCUT2D eigenvalue weighted by molar-refractivity contribution is -0.384. The monoisotopic (exact) mass is 590 g/mol. The normalized spacial score (nSPS) is 16.6. The van der Waals surface area contributed by atoms with E-state index in [0.717, 1.165) is 0 Å². The van der Waals surface area contributed by atoms with Crippen LogP contribution in [0.2, 0.25) is 0 Å². The fraction of sp³-hybridized carbons (Fsp3) is 0.556. The molecule has 0 bridgehead atoms. The molecule has 2 rings (SSSR count). The third-order valence-corrected chi connectivity index (χ3v) is 6.59. The number of likely N-dealkylation sites (tertiary alicyclic amines) is 1. The van der Waals surface area contributed by atoms with Gasteiger partial charge in [-0.1, -0.05) is 13.8 Å². The van der Waals surface area contributed by atoms with Gasteiger partial charge in [0.15, 0.2) is 0 Å². The Bertz CT molecular complexity index is 1190. The molecule has 15 nitrogen and oxygen atoms in total. The van der Waals surface area contributed by atoms with E-state index in [1.807, 2.05) is 13.8 Å². The molecular formula is C27H38N6O9. The van der Waals surface area contributed by atoms with Crippen molar-refractivity contribution in [3.63, 3.8) is 0 Å². The van der Waals surface area contributed by atoms with Gasteiger partial charge in [0, 0.05) is 30.8 Å². The van der Waals surface area contributed by atoms with E-state index in [0.29, 0.717) is 24.9 Å². The molecule has 230 valence electrons. The highest BCUT2D eigenvalue weighted by molar-refractivity contribution is 5.99. The molecule has 1 saturated heterocycles. The summed E-state index contributed by atoms with van der Waals surface area (Å²) in [6.07, 6.45) is 0.505. The van der Waals surface area contributed by atoms with Gasteiger partial charge < -0.3 is 31.3 Å². The fourth-order valence-corrected chi connectivity index (χ4v) is 4.42. The molecule has 0 saturated carbocycles. The highest BCUT2D eigenvalue weighted by Gasteiger charge is 2.38. The van der Waals surface area contributed by atoms with E-state index in [-0.39, 0.29) is 31.0 Å². The van der Waals surface area contributed by atoms with E-state index < -0.39 is 64.6 Å². The van der Waals surface area contributed by atoms with E-state index >= 15 is 0 Å². The number of carboxylic acids is 1. The molecular weight excluding hydrogens is 552 g/mol. The highest BCUT2D eigenvalue weighted by atomic mass is 16.6. The molecule has 0 radical (unpaired) electrons. The number of nitrogens with zero attached hydrogens (tertiary/aromatic N) is 2. The number of aliphatic carboxylic acids is 1. The van der Waals surface area contributed by atoms with Crippen LogP contribution in [-0.2, 0) is 28.8 Å². The van der Waals surface area contributed by atoms with E-state index in [9.17, 15) is 38.9 Å². The maximum Gasteiger partial charge on any atom is 0.303 e. The van der Waals surface area contributed by atoms with Crippen LogP contribution in [0.25, 0.3) is 0 Å². The van der Waals surface area contributed by atoms with Gasteiger partial charge >= 0.3 is 5.97 Å². The zero-order valence-corrected chi connectivity index (χ0v) is 24.0. The molecule has 1 fully saturated rings. The van der Waals surface area contributed by atoms with Gasteiger partial charge in [-0.05, 0) is 51.2 Å². The summed E-state index contributed by atoms with van der Waals surface area (Å²) in [5.74, 6) is -3.94. The van der Waals surface area contributed by atoms with E-state index in [4.69, 9.17) is 5.11 Å². The number of anilines is 1. The zero-order valence-electron chi connectivity index (χ0n) is 24.0. The Labute approximate surface area is 242 Å². The minimum Gasteiger partial charge on any atom is -0.481 e. The standard InChI is InChI=1S/C27H38N6O9/c1-15(2)14-20(25(38)30-18-7-9-19(10-8-18)33(41)42)31-26(39)21-6-5-13-32(21)27(40)17(4)29-24(37)16(3)28-22(34)11-12-23(35)36/h7-10,15-17,20-21H,5-6,11-14H2,1-4H3,(H,28,34)(H,29,37)(H,30,38)(H,31,39)(H,35,36)/t16-,17+,20+,21+/m1/s1. The molecule has 5 amide bonds. The van der Waals surface area contributed by atoms with Gasteiger partial charge in [-0.2, -0.15) is 0 Å². The van der Waals surface area contributed by atoms with Crippen molar-refractivity contribution >= 4 is 46.9 Å². The number of nitro groups is 1. The summed E-state index contributed by atoms with van der Waals surface area (Å²) in [6.45, 7) is 6.87. The second-order valence-corrected chi connectivity index (χ2v) is 10.6. The number of benzene rings is 1. The quantitative estimate of drug-likeness (QED) is 0.154. The Balaban J connectivity index is 2.01. The second-order valence-electron chi connectivity index (χ2n) is 10.6. The van der Waals surface area contributed by atoms with Crippen molar-refractivity contribution in [2.24, 2.45) is 5.92 Å². The van der Waals surface area contributed by atoms with Gasteiger partial charge in [0.05, 0.1) is 11.3 Å². The highest BCUT2D eigenvalue weighted by Crippen LogP contribution is 2.20. The van der Waals surface area contributed by atoms with Crippen LogP contribution in [0.1, 0.15) is 59.8 Å². The molecule has 0 unspecified atom stereocenters. The Morgan fingerprint density at radius 1 is 0.952 bits per heavy atom. The predicted molar refractivity (Wildman–Crippen MR) is 150 cm³/mol. The van der Waals surface area contributed by atoms with Crippen molar-refractivity contribution in [1.29, 1.82) is 0 Å². The van der Waals surface area contributed by atoms with Gasteiger partial charge in [-0.15, -0.1) is 0 Å². The summed E-state index contributed by atoms with van der Waals surface area (Å²) in [5, 5.41) is 29.8. The van der Waals surface area contributed by atoms with E-state index in [1.54, 1.807) is 0 Å². The third kappa shape index (κ3) is 10.1. The van der Waals surface area contributed by atoms with Crippen molar-refractivity contribution in [2.75, 3.05) is 11.9 Å². The van der Waals surface area contributed by atoms with Crippen LogP contribution >= 0.6 is 0 Å². The summed E-state index contributed by atoms with van der Waals surface area (Å²) < 4.78 is 0. The molecule has 0 aliphatic carbocycles. The predicted octanol–water partition coefficient (Wildman–Crippen LogP) is 0.929. The Hall–Kier alpha value is -4.56. The number of carbonyl (C=O) groups excluding carboxylic acids is 5. The topological polar surface area (TPSA) is 217 Å². The molecule has 1 heterocycles. The third-order valence-electron chi connectivity index (χ3n) is 6.59. The van der Waals surface area contributed by atoms with E-state index in [2.05, 4.69) is 21.3 Å². The van der Waals surface area contributed by atoms with Crippen molar-refractivity contribution in [2.45, 2.75) is 84.0 Å². The molecule has 42 heavy (non-hydrogen) atoms. The van der Waals surface area contributed by atoms with Crippen LogP contribution in [-0.4, -0.2) is 81.1 Å². The lowest BCUT2D eigenvalue weighted by atomic mass is 10.0. The van der Waals surface area contributed by atoms with Gasteiger partial charge in [0.25, 0.3) is 5.69 Å². The Morgan fingerprint density at radius 2 is 1.60 bits per heavy atom. The first-order valence-corrected chi connectivity index (χ1v) is 13.7. The molecule has 1 aromatic rings. The number of carbonyl (C=O) groups is 6. The van der Waals surface area contributed by atoms with Crippen molar-refractivity contribution in [3.05, 3.63) is 34.4 Å². The van der Waals surface area contributed by atoms with Crippen LogP contribution in [0.15, 0.2) is 24.3 Å². The number of amides is 5. The summed E-state index contributed by atoms with van der Waals surface area (Å²) in [5.41, 5.74) is 0.189. The molecule has 1 aliphatic heterocycles. The fourth-order valence-electron chi connectivity index (χ4n) is 4.42. The van der Waals surface area contributed by atoms with Gasteiger partial charge in [0.2, 0.25) is 29.5 Å². The van der Waals surface area contributed by atoms with Crippen molar-refractivity contribution in [1.82, 2.24) is 20.9 Å².